The van der Waals surface area contributed by atoms with Crippen LogP contribution in [0.25, 0.3) is 0 Å². The van der Waals surface area contributed by atoms with E-state index in [0.29, 0.717) is 18.8 Å². The van der Waals surface area contributed by atoms with Gasteiger partial charge in [0.2, 0.25) is 0 Å². The Bertz CT molecular complexity index is 906. The molecule has 1 nitrogen and oxygen atoms in total. The lowest BCUT2D eigenvalue weighted by atomic mass is 9.78. The number of benzene rings is 2. The summed E-state index contributed by atoms with van der Waals surface area (Å²) < 4.78 is 101. The average molecular weight is 476 g/mol. The summed E-state index contributed by atoms with van der Waals surface area (Å²) in [4.78, 5) is 0. The number of rotatable bonds is 9. The highest BCUT2D eigenvalue weighted by Crippen LogP contribution is 2.37. The second kappa shape index (κ2) is 10.8. The first-order valence-corrected chi connectivity index (χ1v) is 11.3. The van der Waals surface area contributed by atoms with Crippen molar-refractivity contribution in [2.75, 3.05) is 0 Å². The second-order valence-corrected chi connectivity index (χ2v) is 8.82. The summed E-state index contributed by atoms with van der Waals surface area (Å²) in [7, 11) is 0. The van der Waals surface area contributed by atoms with Gasteiger partial charge in [-0.2, -0.15) is 8.78 Å². The molecule has 0 aromatic heterocycles. The van der Waals surface area contributed by atoms with E-state index in [1.165, 1.54) is 19.3 Å². The van der Waals surface area contributed by atoms with Gasteiger partial charge in [-0.1, -0.05) is 51.9 Å². The minimum atomic E-state index is -4.57. The average Bonchev–Trinajstić information content (AvgIpc) is 2.74. The van der Waals surface area contributed by atoms with Crippen molar-refractivity contribution in [3.63, 3.8) is 0 Å². The van der Waals surface area contributed by atoms with Crippen molar-refractivity contribution >= 4 is 0 Å². The van der Waals surface area contributed by atoms with Crippen LogP contribution in [0.2, 0.25) is 0 Å². The van der Waals surface area contributed by atoms with Gasteiger partial charge < -0.3 is 4.74 Å². The van der Waals surface area contributed by atoms with Crippen molar-refractivity contribution in [1.82, 2.24) is 0 Å². The predicted octanol–water partition coefficient (Wildman–Crippen LogP) is 8.44. The largest absolute Gasteiger partial charge is 0.432 e. The summed E-state index contributed by atoms with van der Waals surface area (Å²) in [5, 5.41) is 0. The monoisotopic (exact) mass is 476 g/mol. The Balaban J connectivity index is 1.65. The van der Waals surface area contributed by atoms with E-state index in [-0.39, 0.29) is 17.7 Å². The lowest BCUT2D eigenvalue weighted by Gasteiger charge is -2.28. The Morgan fingerprint density at radius 1 is 0.788 bits per heavy atom. The molecule has 0 N–H and O–H groups in total. The molecule has 33 heavy (non-hydrogen) atoms. The number of ether oxygens (including phenoxy) is 1. The van der Waals surface area contributed by atoms with Crippen LogP contribution in [0.3, 0.4) is 0 Å². The lowest BCUT2D eigenvalue weighted by Crippen LogP contribution is -2.25. The van der Waals surface area contributed by atoms with Gasteiger partial charge in [0.1, 0.15) is 22.9 Å². The van der Waals surface area contributed by atoms with Crippen LogP contribution < -0.4 is 4.74 Å². The fourth-order valence-corrected chi connectivity index (χ4v) is 4.51. The third kappa shape index (κ3) is 6.42. The molecule has 2 aromatic rings. The molecular weight excluding hydrogens is 449 g/mol. The van der Waals surface area contributed by atoms with E-state index in [1.54, 1.807) is 0 Å². The summed E-state index contributed by atoms with van der Waals surface area (Å²) in [5.41, 5.74) is -1.43. The van der Waals surface area contributed by atoms with Gasteiger partial charge in [0.15, 0.2) is 17.5 Å². The maximum absolute atomic E-state index is 14.5. The molecule has 1 saturated carbocycles. The minimum absolute atomic E-state index is 0.174. The fourth-order valence-electron chi connectivity index (χ4n) is 4.51. The number of hydrogen-bond donors (Lipinski definition) is 0. The van der Waals surface area contributed by atoms with E-state index in [0.717, 1.165) is 43.7 Å². The Labute approximate surface area is 188 Å². The summed E-state index contributed by atoms with van der Waals surface area (Å²) >= 11 is 0. The van der Waals surface area contributed by atoms with Crippen molar-refractivity contribution in [1.29, 1.82) is 0 Å². The first kappa shape index (κ1) is 25.4. The molecule has 0 radical (unpaired) electrons. The molecule has 1 aliphatic rings. The molecule has 1 fully saturated rings. The van der Waals surface area contributed by atoms with E-state index >= 15 is 0 Å². The molecule has 0 atom stereocenters. The topological polar surface area (TPSA) is 9.23 Å². The molecule has 0 bridgehead atoms. The fraction of sp³-hybridized carbons (Fsp3) is 0.520. The molecule has 2 aromatic carbocycles. The van der Waals surface area contributed by atoms with Crippen LogP contribution in [-0.2, 0) is 12.5 Å². The van der Waals surface area contributed by atoms with E-state index < -0.39 is 46.5 Å². The first-order valence-electron chi connectivity index (χ1n) is 11.3. The Morgan fingerprint density at radius 3 is 1.82 bits per heavy atom. The molecule has 182 valence electrons. The zero-order valence-electron chi connectivity index (χ0n) is 18.4. The van der Waals surface area contributed by atoms with Gasteiger partial charge in [0.25, 0.3) is 0 Å². The number of hydrogen-bond acceptors (Lipinski definition) is 1. The summed E-state index contributed by atoms with van der Waals surface area (Å²) in [6, 6.07) is 2.00. The Morgan fingerprint density at radius 2 is 1.30 bits per heavy atom. The number of halogens is 7. The first-order chi connectivity index (χ1) is 15.6. The molecule has 1 aliphatic carbocycles. The third-order valence-corrected chi connectivity index (χ3v) is 6.37. The Kier molecular flexibility index (Phi) is 8.29. The van der Waals surface area contributed by atoms with Crippen molar-refractivity contribution < 1.29 is 35.5 Å². The maximum Gasteiger partial charge on any atom is 0.432 e. The molecule has 0 unspecified atom stereocenters. The third-order valence-electron chi connectivity index (χ3n) is 6.37. The van der Waals surface area contributed by atoms with Gasteiger partial charge in [-0.15, -0.1) is 0 Å². The highest BCUT2D eigenvalue weighted by atomic mass is 19.3. The van der Waals surface area contributed by atoms with Gasteiger partial charge in [0.05, 0.1) is 0 Å². The Hall–Kier alpha value is -2.25. The van der Waals surface area contributed by atoms with E-state index in [2.05, 4.69) is 11.7 Å². The van der Waals surface area contributed by atoms with E-state index in [4.69, 9.17) is 0 Å². The summed E-state index contributed by atoms with van der Waals surface area (Å²) in [5.74, 6) is -8.39. The highest BCUT2D eigenvalue weighted by Gasteiger charge is 2.41. The number of unbranched alkanes of at least 4 members (excludes halogenated alkanes) is 1. The van der Waals surface area contributed by atoms with Crippen molar-refractivity contribution in [2.45, 2.75) is 70.8 Å². The van der Waals surface area contributed by atoms with Gasteiger partial charge in [-0.25, -0.2) is 22.0 Å². The number of aryl methyl sites for hydroxylation is 1. The lowest BCUT2D eigenvalue weighted by molar-refractivity contribution is -0.189. The van der Waals surface area contributed by atoms with Crippen LogP contribution in [0, 0.1) is 40.9 Å². The van der Waals surface area contributed by atoms with Crippen LogP contribution in [0.4, 0.5) is 30.7 Å². The smallest absolute Gasteiger partial charge is 0.429 e. The zero-order chi connectivity index (χ0) is 24.2. The molecule has 0 spiro atoms. The van der Waals surface area contributed by atoms with E-state index in [1.807, 2.05) is 0 Å². The summed E-state index contributed by atoms with van der Waals surface area (Å²) in [6.45, 7) is 2.17. The molecule has 0 amide bonds. The van der Waals surface area contributed by atoms with Crippen molar-refractivity contribution in [3.05, 3.63) is 64.5 Å². The molecule has 0 heterocycles. The second-order valence-electron chi connectivity index (χ2n) is 8.82. The quantitative estimate of drug-likeness (QED) is 0.261. The molecule has 0 aliphatic heterocycles. The maximum atomic E-state index is 14.5. The van der Waals surface area contributed by atoms with E-state index in [9.17, 15) is 30.7 Å². The van der Waals surface area contributed by atoms with Gasteiger partial charge in [-0.3, -0.25) is 0 Å². The minimum Gasteiger partial charge on any atom is -0.429 e. The van der Waals surface area contributed by atoms with Crippen LogP contribution in [0.15, 0.2) is 24.3 Å². The zero-order valence-corrected chi connectivity index (χ0v) is 18.4. The van der Waals surface area contributed by atoms with Crippen LogP contribution in [-0.4, -0.2) is 0 Å². The van der Waals surface area contributed by atoms with Gasteiger partial charge >= 0.3 is 6.11 Å². The van der Waals surface area contributed by atoms with Crippen molar-refractivity contribution in [3.8, 4) is 5.75 Å². The standard InChI is InChI=1S/C25H27F7O/c1-2-3-4-15-5-7-16(8-6-15)9-10-17-11-19(26)23(20(27)12-17)25(31,32)33-18-13-21(28)24(30)22(29)14-18/h11-16H,2-10H2,1H3/t15-,16-. The predicted molar refractivity (Wildman–Crippen MR) is 110 cm³/mol. The van der Waals surface area contributed by atoms with Crippen LogP contribution >= 0.6 is 0 Å². The summed E-state index contributed by atoms with van der Waals surface area (Å²) in [6.07, 6.45) is 4.49. The van der Waals surface area contributed by atoms with Crippen molar-refractivity contribution in [2.24, 2.45) is 11.8 Å². The van der Waals surface area contributed by atoms with Crippen LogP contribution in [0.1, 0.15) is 69.4 Å². The molecular formula is C25H27F7O. The normalized spacial score (nSPS) is 19.0. The SMILES string of the molecule is CCCC[C@H]1CC[C@H](CCc2cc(F)c(C(F)(F)Oc3cc(F)c(F)c(F)c3)c(F)c2)CC1. The van der Waals surface area contributed by atoms with Gasteiger partial charge in [0, 0.05) is 12.1 Å². The molecule has 3 rings (SSSR count). The molecule has 8 heteroatoms. The highest BCUT2D eigenvalue weighted by molar-refractivity contribution is 5.31. The van der Waals surface area contributed by atoms with Crippen LogP contribution in [0.5, 0.6) is 5.75 Å². The number of alkyl halides is 2. The van der Waals surface area contributed by atoms with Gasteiger partial charge in [-0.05, 0) is 42.4 Å². The molecule has 0 saturated heterocycles.